The van der Waals surface area contributed by atoms with E-state index in [0.717, 1.165) is 8.95 Å². The molecule has 5 heteroatoms. The highest BCUT2D eigenvalue weighted by molar-refractivity contribution is 9.11. The van der Waals surface area contributed by atoms with Gasteiger partial charge in [-0.1, -0.05) is 15.9 Å². The van der Waals surface area contributed by atoms with Crippen LogP contribution in [0.2, 0.25) is 0 Å². The van der Waals surface area contributed by atoms with Crippen LogP contribution in [0.1, 0.15) is 10.4 Å². The van der Waals surface area contributed by atoms with E-state index in [1.165, 1.54) is 12.1 Å². The number of aromatic hydroxyl groups is 1. The first-order valence-corrected chi connectivity index (χ1v) is 6.70. The van der Waals surface area contributed by atoms with E-state index in [1.807, 2.05) is 18.2 Å². The van der Waals surface area contributed by atoms with Gasteiger partial charge >= 0.3 is 0 Å². The molecule has 0 saturated heterocycles. The summed E-state index contributed by atoms with van der Waals surface area (Å²) in [5.41, 5.74) is 1.17. The molecule has 0 saturated carbocycles. The normalized spacial score (nSPS) is 10.1. The summed E-state index contributed by atoms with van der Waals surface area (Å²) in [6.45, 7) is 0. The summed E-state index contributed by atoms with van der Waals surface area (Å²) in [5, 5.41) is 12.0. The first-order chi connectivity index (χ1) is 8.56. The van der Waals surface area contributed by atoms with E-state index in [2.05, 4.69) is 37.2 Å². The van der Waals surface area contributed by atoms with Crippen molar-refractivity contribution in [1.82, 2.24) is 0 Å². The predicted octanol–water partition coefficient (Wildman–Crippen LogP) is 4.17. The number of amides is 1. The summed E-state index contributed by atoms with van der Waals surface area (Å²) in [6, 6.07) is 11.6. The molecule has 2 aromatic rings. The fourth-order valence-corrected chi connectivity index (χ4v) is 2.11. The minimum absolute atomic E-state index is 0.134. The molecule has 2 aromatic carbocycles. The van der Waals surface area contributed by atoms with E-state index >= 15 is 0 Å². The van der Waals surface area contributed by atoms with Crippen molar-refractivity contribution in [3.8, 4) is 5.75 Å². The van der Waals surface area contributed by atoms with Crippen molar-refractivity contribution >= 4 is 43.5 Å². The Hall–Kier alpha value is -1.33. The van der Waals surface area contributed by atoms with Crippen LogP contribution in [0.15, 0.2) is 51.4 Å². The lowest BCUT2D eigenvalue weighted by Gasteiger charge is -2.08. The average Bonchev–Trinajstić information content (AvgIpc) is 2.34. The largest absolute Gasteiger partial charge is 0.508 e. The second-order valence-electron chi connectivity index (χ2n) is 3.63. The number of nitrogens with one attached hydrogen (secondary N) is 1. The van der Waals surface area contributed by atoms with Crippen molar-refractivity contribution in [2.24, 2.45) is 0 Å². The first kappa shape index (κ1) is 13.1. The van der Waals surface area contributed by atoms with Crippen molar-refractivity contribution in [1.29, 1.82) is 0 Å². The minimum Gasteiger partial charge on any atom is -0.508 e. The zero-order valence-electron chi connectivity index (χ0n) is 9.15. The van der Waals surface area contributed by atoms with Crippen LogP contribution >= 0.6 is 31.9 Å². The predicted molar refractivity (Wildman–Crippen MR) is 77.9 cm³/mol. The molecule has 0 aromatic heterocycles. The number of halogens is 2. The van der Waals surface area contributed by atoms with E-state index in [4.69, 9.17) is 5.11 Å². The first-order valence-electron chi connectivity index (χ1n) is 5.12. The van der Waals surface area contributed by atoms with E-state index in [9.17, 15) is 4.79 Å². The monoisotopic (exact) mass is 369 g/mol. The Balaban J connectivity index is 2.21. The third-order valence-electron chi connectivity index (χ3n) is 2.31. The zero-order chi connectivity index (χ0) is 13.1. The highest BCUT2D eigenvalue weighted by Crippen LogP contribution is 2.26. The van der Waals surface area contributed by atoms with Gasteiger partial charge in [-0.2, -0.15) is 0 Å². The summed E-state index contributed by atoms with van der Waals surface area (Å²) >= 11 is 6.71. The number of hydrogen-bond donors (Lipinski definition) is 2. The molecule has 2 N–H and O–H groups in total. The molecule has 2 rings (SSSR count). The Labute approximate surface area is 121 Å². The number of benzene rings is 2. The SMILES string of the molecule is O=C(Nc1cc(Br)ccc1Br)c1ccc(O)cc1. The van der Waals surface area contributed by atoms with Crippen LogP contribution in [0.5, 0.6) is 5.75 Å². The summed E-state index contributed by atoms with van der Waals surface area (Å²) in [6.07, 6.45) is 0. The lowest BCUT2D eigenvalue weighted by molar-refractivity contribution is 0.102. The number of phenolic OH excluding ortho intramolecular Hbond substituents is 1. The van der Waals surface area contributed by atoms with Gasteiger partial charge in [-0.25, -0.2) is 0 Å². The van der Waals surface area contributed by atoms with Gasteiger partial charge in [0.25, 0.3) is 5.91 Å². The van der Waals surface area contributed by atoms with Gasteiger partial charge in [0.05, 0.1) is 5.69 Å². The number of carbonyl (C=O) groups is 1. The molecule has 92 valence electrons. The topological polar surface area (TPSA) is 49.3 Å². The Kier molecular flexibility index (Phi) is 4.04. The highest BCUT2D eigenvalue weighted by Gasteiger charge is 2.08. The molecule has 0 heterocycles. The molecule has 0 aliphatic carbocycles. The zero-order valence-corrected chi connectivity index (χ0v) is 12.3. The fourth-order valence-electron chi connectivity index (χ4n) is 1.40. The molecule has 0 aliphatic heterocycles. The van der Waals surface area contributed by atoms with Gasteiger partial charge in [-0.05, 0) is 58.4 Å². The fraction of sp³-hybridized carbons (Fsp3) is 0. The lowest BCUT2D eigenvalue weighted by Crippen LogP contribution is -2.12. The maximum atomic E-state index is 12.0. The van der Waals surface area contributed by atoms with Crippen LogP contribution in [0, 0.1) is 0 Å². The maximum absolute atomic E-state index is 12.0. The average molecular weight is 371 g/mol. The smallest absolute Gasteiger partial charge is 0.255 e. The molecule has 0 aliphatic rings. The Morgan fingerprint density at radius 2 is 1.72 bits per heavy atom. The number of carbonyl (C=O) groups excluding carboxylic acids is 1. The van der Waals surface area contributed by atoms with Gasteiger partial charge in [-0.3, -0.25) is 4.79 Å². The Morgan fingerprint density at radius 1 is 1.06 bits per heavy atom. The van der Waals surface area contributed by atoms with Crippen molar-refractivity contribution < 1.29 is 9.90 Å². The van der Waals surface area contributed by atoms with Gasteiger partial charge in [0, 0.05) is 14.5 Å². The van der Waals surface area contributed by atoms with Gasteiger partial charge in [-0.15, -0.1) is 0 Å². The number of anilines is 1. The Morgan fingerprint density at radius 3 is 2.39 bits per heavy atom. The molecule has 0 unspecified atom stereocenters. The quantitative estimate of drug-likeness (QED) is 0.833. The van der Waals surface area contributed by atoms with E-state index in [-0.39, 0.29) is 11.7 Å². The third kappa shape index (κ3) is 3.11. The van der Waals surface area contributed by atoms with Crippen molar-refractivity contribution in [3.63, 3.8) is 0 Å². The van der Waals surface area contributed by atoms with Crippen LogP contribution in [-0.2, 0) is 0 Å². The summed E-state index contributed by atoms with van der Waals surface area (Å²) in [5.74, 6) is -0.0935. The van der Waals surface area contributed by atoms with Crippen molar-refractivity contribution in [2.75, 3.05) is 5.32 Å². The van der Waals surface area contributed by atoms with E-state index in [1.54, 1.807) is 12.1 Å². The van der Waals surface area contributed by atoms with Gasteiger partial charge in [0.2, 0.25) is 0 Å². The second-order valence-corrected chi connectivity index (χ2v) is 5.40. The molecule has 0 fully saturated rings. The summed E-state index contributed by atoms with van der Waals surface area (Å²) in [4.78, 5) is 12.0. The number of rotatable bonds is 2. The molecule has 3 nitrogen and oxygen atoms in total. The molecule has 18 heavy (non-hydrogen) atoms. The van der Waals surface area contributed by atoms with Crippen LogP contribution in [0.25, 0.3) is 0 Å². The van der Waals surface area contributed by atoms with E-state index in [0.29, 0.717) is 11.3 Å². The standard InChI is InChI=1S/C13H9Br2NO2/c14-9-3-6-11(15)12(7-9)16-13(18)8-1-4-10(17)5-2-8/h1-7,17H,(H,16,18). The maximum Gasteiger partial charge on any atom is 0.255 e. The molecular formula is C13H9Br2NO2. The van der Waals surface area contributed by atoms with Gasteiger partial charge in [0.1, 0.15) is 5.75 Å². The van der Waals surface area contributed by atoms with Gasteiger partial charge in [0.15, 0.2) is 0 Å². The molecule has 0 atom stereocenters. The Bertz CT molecular complexity index is 582. The van der Waals surface area contributed by atoms with Crippen LogP contribution in [-0.4, -0.2) is 11.0 Å². The highest BCUT2D eigenvalue weighted by atomic mass is 79.9. The van der Waals surface area contributed by atoms with Crippen LogP contribution < -0.4 is 5.32 Å². The number of hydrogen-bond acceptors (Lipinski definition) is 2. The third-order valence-corrected chi connectivity index (χ3v) is 3.49. The summed E-state index contributed by atoms with van der Waals surface area (Å²) in [7, 11) is 0. The molecule has 1 amide bonds. The van der Waals surface area contributed by atoms with Crippen LogP contribution in [0.4, 0.5) is 5.69 Å². The van der Waals surface area contributed by atoms with Crippen LogP contribution in [0.3, 0.4) is 0 Å². The van der Waals surface area contributed by atoms with Gasteiger partial charge < -0.3 is 10.4 Å². The lowest BCUT2D eigenvalue weighted by atomic mass is 10.2. The minimum atomic E-state index is -0.228. The second kappa shape index (κ2) is 5.54. The van der Waals surface area contributed by atoms with Crippen molar-refractivity contribution in [3.05, 3.63) is 57.0 Å². The molecule has 0 radical (unpaired) electrons. The number of phenols is 1. The summed E-state index contributed by atoms with van der Waals surface area (Å²) < 4.78 is 1.68. The van der Waals surface area contributed by atoms with Crippen molar-refractivity contribution in [2.45, 2.75) is 0 Å². The molecule has 0 bridgehead atoms. The van der Waals surface area contributed by atoms with E-state index < -0.39 is 0 Å². The molecule has 0 spiro atoms. The molecular weight excluding hydrogens is 362 g/mol.